The van der Waals surface area contributed by atoms with Gasteiger partial charge in [-0.2, -0.15) is 0 Å². The van der Waals surface area contributed by atoms with E-state index in [1.165, 1.54) is 0 Å². The predicted octanol–water partition coefficient (Wildman–Crippen LogP) is 1.02. The van der Waals surface area contributed by atoms with E-state index in [1.54, 1.807) is 7.11 Å². The lowest BCUT2D eigenvalue weighted by atomic mass is 9.98. The lowest BCUT2D eigenvalue weighted by Crippen LogP contribution is -2.36. The van der Waals surface area contributed by atoms with Crippen LogP contribution in [-0.4, -0.2) is 39.3 Å². The van der Waals surface area contributed by atoms with Crippen LogP contribution in [0.15, 0.2) is 0 Å². The third-order valence-electron chi connectivity index (χ3n) is 2.74. The molecule has 0 heterocycles. The van der Waals surface area contributed by atoms with Crippen LogP contribution in [0.4, 0.5) is 0 Å². The summed E-state index contributed by atoms with van der Waals surface area (Å²) in [6, 6.07) is 0. The first-order chi connectivity index (χ1) is 7.57. The van der Waals surface area contributed by atoms with Crippen LogP contribution in [0.2, 0.25) is 0 Å². The summed E-state index contributed by atoms with van der Waals surface area (Å²) in [5.41, 5.74) is 0. The Hall–Kier alpha value is -0.610. The van der Waals surface area contributed by atoms with Gasteiger partial charge in [0.2, 0.25) is 5.91 Å². The molecule has 0 rings (SSSR count). The zero-order valence-electron chi connectivity index (χ0n) is 11.0. The van der Waals surface area contributed by atoms with Crippen LogP contribution in [0.25, 0.3) is 0 Å². The van der Waals surface area contributed by atoms with Crippen molar-refractivity contribution in [2.45, 2.75) is 27.2 Å². The molecule has 4 nitrogen and oxygen atoms in total. The fourth-order valence-electron chi connectivity index (χ4n) is 1.16. The number of hydrogen-bond donors (Lipinski definition) is 2. The van der Waals surface area contributed by atoms with Crippen LogP contribution in [0.3, 0.4) is 0 Å². The summed E-state index contributed by atoms with van der Waals surface area (Å²) in [5, 5.41) is 6.00. The smallest absolute Gasteiger partial charge is 0.233 e. The molecule has 1 unspecified atom stereocenters. The average Bonchev–Trinajstić information content (AvgIpc) is 2.24. The summed E-state index contributed by atoms with van der Waals surface area (Å²) >= 11 is 0. The van der Waals surface area contributed by atoms with Gasteiger partial charge in [0.15, 0.2) is 0 Å². The van der Waals surface area contributed by atoms with Crippen LogP contribution in [-0.2, 0) is 9.53 Å². The Kier molecular flexibility index (Phi) is 9.24. The van der Waals surface area contributed by atoms with Crippen LogP contribution in [0, 0.1) is 11.8 Å². The van der Waals surface area contributed by atoms with Gasteiger partial charge in [-0.3, -0.25) is 4.79 Å². The maximum absolute atomic E-state index is 11.3. The molecule has 0 saturated heterocycles. The quantitative estimate of drug-likeness (QED) is 0.581. The van der Waals surface area contributed by atoms with Crippen molar-refractivity contribution in [3.8, 4) is 0 Å². The van der Waals surface area contributed by atoms with Crippen molar-refractivity contribution in [1.82, 2.24) is 10.6 Å². The number of methoxy groups -OCH3 is 1. The van der Waals surface area contributed by atoms with E-state index in [-0.39, 0.29) is 5.91 Å². The molecule has 0 fully saturated rings. The second-order valence-corrected chi connectivity index (χ2v) is 4.55. The topological polar surface area (TPSA) is 50.4 Å². The molecule has 2 N–H and O–H groups in total. The van der Waals surface area contributed by atoms with Crippen molar-refractivity contribution in [1.29, 1.82) is 0 Å². The molecule has 0 spiro atoms. The molecule has 4 heteroatoms. The summed E-state index contributed by atoms with van der Waals surface area (Å²) < 4.78 is 4.90. The Bertz CT molecular complexity index is 184. The Morgan fingerprint density at radius 3 is 2.56 bits per heavy atom. The molecule has 0 aliphatic heterocycles. The molecule has 0 aromatic heterocycles. The van der Waals surface area contributed by atoms with Crippen molar-refractivity contribution < 1.29 is 9.53 Å². The van der Waals surface area contributed by atoms with Crippen LogP contribution >= 0.6 is 0 Å². The minimum atomic E-state index is 0.0621. The van der Waals surface area contributed by atoms with Gasteiger partial charge in [0.05, 0.1) is 6.54 Å². The lowest BCUT2D eigenvalue weighted by molar-refractivity contribution is -0.120. The first-order valence-electron chi connectivity index (χ1n) is 6.04. The molecule has 0 aliphatic rings. The van der Waals surface area contributed by atoms with Gasteiger partial charge in [-0.05, 0) is 24.8 Å². The second kappa shape index (κ2) is 9.60. The predicted molar refractivity (Wildman–Crippen MR) is 66.4 cm³/mol. The molecule has 0 saturated carbocycles. The standard InChI is InChI=1S/C12H26N2O2/c1-10(2)11(3)8-13-9-12(15)14-6-5-7-16-4/h10-11,13H,5-9H2,1-4H3,(H,14,15). The highest BCUT2D eigenvalue weighted by Gasteiger charge is 2.07. The van der Waals surface area contributed by atoms with Gasteiger partial charge in [0.25, 0.3) is 0 Å². The van der Waals surface area contributed by atoms with E-state index in [4.69, 9.17) is 4.74 Å². The molecule has 1 amide bonds. The average molecular weight is 230 g/mol. The molecule has 96 valence electrons. The van der Waals surface area contributed by atoms with Gasteiger partial charge in [0, 0.05) is 20.3 Å². The third kappa shape index (κ3) is 8.68. The highest BCUT2D eigenvalue weighted by atomic mass is 16.5. The molecule has 0 radical (unpaired) electrons. The fraction of sp³-hybridized carbons (Fsp3) is 0.917. The number of nitrogens with one attached hydrogen (secondary N) is 2. The Balaban J connectivity index is 3.37. The summed E-state index contributed by atoms with van der Waals surface area (Å²) in [6.45, 7) is 9.25. The molecule has 16 heavy (non-hydrogen) atoms. The van der Waals surface area contributed by atoms with E-state index < -0.39 is 0 Å². The van der Waals surface area contributed by atoms with Crippen molar-refractivity contribution in [2.75, 3.05) is 33.4 Å². The SMILES string of the molecule is COCCCNC(=O)CNCC(C)C(C)C. The number of ether oxygens (including phenoxy) is 1. The molecule has 0 aromatic carbocycles. The highest BCUT2D eigenvalue weighted by Crippen LogP contribution is 2.06. The largest absolute Gasteiger partial charge is 0.385 e. The Morgan fingerprint density at radius 1 is 1.31 bits per heavy atom. The number of carbonyl (C=O) groups is 1. The highest BCUT2D eigenvalue weighted by molar-refractivity contribution is 5.77. The molecule has 0 aromatic rings. The summed E-state index contributed by atoms with van der Waals surface area (Å²) in [6.07, 6.45) is 0.866. The minimum absolute atomic E-state index is 0.0621. The van der Waals surface area contributed by atoms with Crippen LogP contribution in [0.5, 0.6) is 0 Å². The zero-order valence-corrected chi connectivity index (χ0v) is 11.0. The zero-order chi connectivity index (χ0) is 12.4. The number of hydrogen-bond acceptors (Lipinski definition) is 3. The number of carbonyl (C=O) groups excluding carboxylic acids is 1. The van der Waals surface area contributed by atoms with Gasteiger partial charge >= 0.3 is 0 Å². The maximum Gasteiger partial charge on any atom is 0.233 e. The third-order valence-corrected chi connectivity index (χ3v) is 2.74. The monoisotopic (exact) mass is 230 g/mol. The van der Waals surface area contributed by atoms with Crippen LogP contribution < -0.4 is 10.6 Å². The molecular weight excluding hydrogens is 204 g/mol. The minimum Gasteiger partial charge on any atom is -0.385 e. The van der Waals surface area contributed by atoms with E-state index in [9.17, 15) is 4.79 Å². The van der Waals surface area contributed by atoms with Crippen LogP contribution in [0.1, 0.15) is 27.2 Å². The number of amides is 1. The fourth-order valence-corrected chi connectivity index (χ4v) is 1.16. The summed E-state index contributed by atoms with van der Waals surface area (Å²) in [7, 11) is 1.66. The van der Waals surface area contributed by atoms with Gasteiger partial charge in [-0.15, -0.1) is 0 Å². The Morgan fingerprint density at radius 2 is 2.00 bits per heavy atom. The Labute approximate surface area is 99.1 Å². The second-order valence-electron chi connectivity index (χ2n) is 4.55. The van der Waals surface area contributed by atoms with Crippen molar-refractivity contribution in [3.63, 3.8) is 0 Å². The van der Waals surface area contributed by atoms with E-state index in [2.05, 4.69) is 31.4 Å². The maximum atomic E-state index is 11.3. The van der Waals surface area contributed by atoms with E-state index in [0.717, 1.165) is 13.0 Å². The van der Waals surface area contributed by atoms with E-state index in [0.29, 0.717) is 31.5 Å². The molecule has 0 aliphatic carbocycles. The number of rotatable bonds is 9. The van der Waals surface area contributed by atoms with Gasteiger partial charge < -0.3 is 15.4 Å². The normalized spacial score (nSPS) is 12.8. The summed E-state index contributed by atoms with van der Waals surface area (Å²) in [5.74, 6) is 1.31. The van der Waals surface area contributed by atoms with E-state index in [1.807, 2.05) is 0 Å². The van der Waals surface area contributed by atoms with Gasteiger partial charge in [0.1, 0.15) is 0 Å². The van der Waals surface area contributed by atoms with Crippen molar-refractivity contribution in [3.05, 3.63) is 0 Å². The molecular formula is C12H26N2O2. The van der Waals surface area contributed by atoms with Gasteiger partial charge in [-0.1, -0.05) is 20.8 Å². The molecule has 1 atom stereocenters. The first kappa shape index (κ1) is 15.4. The van der Waals surface area contributed by atoms with Crippen molar-refractivity contribution in [2.24, 2.45) is 11.8 Å². The van der Waals surface area contributed by atoms with E-state index >= 15 is 0 Å². The van der Waals surface area contributed by atoms with Crippen molar-refractivity contribution >= 4 is 5.91 Å². The summed E-state index contributed by atoms with van der Waals surface area (Å²) in [4.78, 5) is 11.3. The molecule has 0 bridgehead atoms. The van der Waals surface area contributed by atoms with Gasteiger partial charge in [-0.25, -0.2) is 0 Å². The first-order valence-corrected chi connectivity index (χ1v) is 6.04. The lowest BCUT2D eigenvalue weighted by Gasteiger charge is -2.15.